The third-order valence-corrected chi connectivity index (χ3v) is 7.00. The molecule has 0 radical (unpaired) electrons. The molecule has 0 fully saturated rings. The van der Waals surface area contributed by atoms with Gasteiger partial charge in [-0.15, -0.1) is 0 Å². The van der Waals surface area contributed by atoms with Gasteiger partial charge in [0.25, 0.3) is 0 Å². The van der Waals surface area contributed by atoms with Crippen LogP contribution in [0.1, 0.15) is 35.6 Å². The second-order valence-corrected chi connectivity index (χ2v) is 9.58. The summed E-state index contributed by atoms with van der Waals surface area (Å²) in [4.78, 5) is 60.8. The predicted octanol–water partition coefficient (Wildman–Crippen LogP) is 5.96. The van der Waals surface area contributed by atoms with Crippen LogP contribution < -0.4 is 0 Å². The highest BCUT2D eigenvalue weighted by molar-refractivity contribution is 6.01. The summed E-state index contributed by atoms with van der Waals surface area (Å²) in [6, 6.07) is 24.8. The second-order valence-electron chi connectivity index (χ2n) is 9.58. The first-order valence-electron chi connectivity index (χ1n) is 12.4. The van der Waals surface area contributed by atoms with Gasteiger partial charge in [0, 0.05) is 12.3 Å². The lowest BCUT2D eigenvalue weighted by molar-refractivity contribution is 0.293. The van der Waals surface area contributed by atoms with Gasteiger partial charge >= 0.3 is 0 Å². The van der Waals surface area contributed by atoms with E-state index in [-0.39, 0.29) is 6.42 Å². The molecule has 3 aromatic carbocycles. The van der Waals surface area contributed by atoms with Crippen LogP contribution >= 0.6 is 0 Å². The van der Waals surface area contributed by atoms with Gasteiger partial charge in [-0.2, -0.15) is 20.0 Å². The molecule has 40 heavy (non-hydrogen) atoms. The van der Waals surface area contributed by atoms with E-state index in [1.807, 2.05) is 73.7 Å². The fraction of sp³-hybridized carbons (Fsp3) is 0.188. The molecular formula is C32H24N4O4. The average Bonchev–Trinajstić information content (AvgIpc) is 2.94. The van der Waals surface area contributed by atoms with Gasteiger partial charge in [-0.25, -0.2) is 19.2 Å². The van der Waals surface area contributed by atoms with Crippen molar-refractivity contribution in [3.63, 3.8) is 0 Å². The maximum atomic E-state index is 11.8. The van der Waals surface area contributed by atoms with Gasteiger partial charge in [-0.1, -0.05) is 72.8 Å². The van der Waals surface area contributed by atoms with Crippen LogP contribution in [-0.4, -0.2) is 35.5 Å². The van der Waals surface area contributed by atoms with Crippen LogP contribution in [0.15, 0.2) is 111 Å². The Kier molecular flexibility index (Phi) is 8.32. The fourth-order valence-corrected chi connectivity index (χ4v) is 5.32. The number of aryl methyl sites for hydroxylation is 1. The highest BCUT2D eigenvalue weighted by atomic mass is 16.1. The van der Waals surface area contributed by atoms with Crippen molar-refractivity contribution in [3.05, 3.63) is 113 Å². The zero-order valence-electron chi connectivity index (χ0n) is 21.9. The van der Waals surface area contributed by atoms with Crippen molar-refractivity contribution in [3.8, 4) is 0 Å². The van der Waals surface area contributed by atoms with E-state index < -0.39 is 17.1 Å². The largest absolute Gasteiger partial charge is 0.240 e. The monoisotopic (exact) mass is 528 g/mol. The van der Waals surface area contributed by atoms with Crippen LogP contribution in [0.2, 0.25) is 0 Å². The summed E-state index contributed by atoms with van der Waals surface area (Å²) in [7, 11) is 0. The number of aliphatic imine (C=N–C) groups is 4. The van der Waals surface area contributed by atoms with E-state index >= 15 is 0 Å². The molecule has 8 heteroatoms. The van der Waals surface area contributed by atoms with Crippen LogP contribution in [-0.2, 0) is 19.2 Å². The lowest BCUT2D eigenvalue weighted by atomic mass is 9.67. The maximum absolute atomic E-state index is 11.8. The second kappa shape index (κ2) is 12.0. The van der Waals surface area contributed by atoms with Gasteiger partial charge in [0.2, 0.25) is 24.3 Å². The highest BCUT2D eigenvalue weighted by Crippen LogP contribution is 2.49. The minimum absolute atomic E-state index is 0.0781. The first-order chi connectivity index (χ1) is 19.4. The van der Waals surface area contributed by atoms with Crippen LogP contribution in [0.25, 0.3) is 11.1 Å². The van der Waals surface area contributed by atoms with E-state index in [1.165, 1.54) is 12.2 Å². The van der Waals surface area contributed by atoms with Crippen LogP contribution in [0, 0.1) is 12.8 Å². The van der Waals surface area contributed by atoms with Gasteiger partial charge < -0.3 is 0 Å². The molecule has 0 spiro atoms. The molecule has 196 valence electrons. The summed E-state index contributed by atoms with van der Waals surface area (Å²) >= 11 is 0. The van der Waals surface area contributed by atoms with E-state index in [2.05, 4.69) is 20.0 Å². The number of hydrogen-bond donors (Lipinski definition) is 0. The molecule has 1 aliphatic rings. The van der Waals surface area contributed by atoms with Crippen molar-refractivity contribution in [2.24, 2.45) is 25.9 Å². The normalized spacial score (nSPS) is 21.9. The zero-order chi connectivity index (χ0) is 28.6. The lowest BCUT2D eigenvalue weighted by Gasteiger charge is -2.41. The third-order valence-electron chi connectivity index (χ3n) is 7.00. The Labute approximate surface area is 230 Å². The van der Waals surface area contributed by atoms with Gasteiger partial charge in [0.05, 0.1) is 11.2 Å². The Morgan fingerprint density at radius 1 is 0.775 bits per heavy atom. The van der Waals surface area contributed by atoms with Gasteiger partial charge in [-0.05, 0) is 65.5 Å². The molecule has 0 N–H and O–H groups in total. The Morgan fingerprint density at radius 2 is 1.38 bits per heavy atom. The number of carbonyl (C=O) groups excluding carboxylic acids is 4. The highest BCUT2D eigenvalue weighted by Gasteiger charge is 2.48. The number of nitrogens with zero attached hydrogens (tertiary/aromatic N) is 4. The van der Waals surface area contributed by atoms with Gasteiger partial charge in [0.15, 0.2) is 5.66 Å². The van der Waals surface area contributed by atoms with Crippen molar-refractivity contribution in [1.29, 1.82) is 0 Å². The van der Waals surface area contributed by atoms with Crippen molar-refractivity contribution in [2.45, 2.75) is 31.5 Å². The van der Waals surface area contributed by atoms with E-state index in [0.29, 0.717) is 5.69 Å². The van der Waals surface area contributed by atoms with Gasteiger partial charge in [-0.3, -0.25) is 0 Å². The van der Waals surface area contributed by atoms with E-state index in [0.717, 1.165) is 33.4 Å². The standard InChI is InChI=1S/C32H24N4O4/c1-23-17-26(33-19-37)13-14-27(23)29(24-9-5-3-6-10-24)30(25-11-7-4-8-12-25)28-15-16-32(35-21-39,36-22-40)18-31(28,2)34-20-38/h3-17,28H,18H2,1-2H3. The zero-order valence-corrected chi connectivity index (χ0v) is 21.9. The SMILES string of the molecule is Cc1cc(N=C=O)ccc1C(=C(c1ccccc1)C1C=CC(N=C=O)(N=C=O)CC1(C)N=C=O)c1ccccc1. The number of isocyanates is 4. The molecule has 0 aromatic heterocycles. The molecule has 4 rings (SSSR count). The molecule has 0 amide bonds. The summed E-state index contributed by atoms with van der Waals surface area (Å²) in [5.74, 6) is -0.546. The smallest absolute Gasteiger partial charge is 0.211 e. The molecule has 0 saturated heterocycles. The molecular weight excluding hydrogens is 504 g/mol. The Morgan fingerprint density at radius 3 is 1.93 bits per heavy atom. The first-order valence-corrected chi connectivity index (χ1v) is 12.4. The molecule has 2 atom stereocenters. The molecule has 3 aromatic rings. The summed E-state index contributed by atoms with van der Waals surface area (Å²) in [5.41, 5.74) is 2.83. The van der Waals surface area contributed by atoms with Crippen molar-refractivity contribution >= 4 is 41.2 Å². The number of rotatable bonds is 8. The van der Waals surface area contributed by atoms with E-state index in [1.54, 1.807) is 43.4 Å². The summed E-state index contributed by atoms with van der Waals surface area (Å²) < 4.78 is 0. The van der Waals surface area contributed by atoms with Crippen LogP contribution in [0.5, 0.6) is 0 Å². The predicted molar refractivity (Wildman–Crippen MR) is 151 cm³/mol. The van der Waals surface area contributed by atoms with Crippen molar-refractivity contribution in [2.75, 3.05) is 0 Å². The minimum atomic E-state index is -1.60. The summed E-state index contributed by atoms with van der Waals surface area (Å²) in [5, 5.41) is 0. The number of benzene rings is 3. The molecule has 8 nitrogen and oxygen atoms in total. The molecule has 1 aliphatic carbocycles. The Hall–Kier alpha value is -5.34. The van der Waals surface area contributed by atoms with Gasteiger partial charge in [0.1, 0.15) is 0 Å². The molecule has 2 unspecified atom stereocenters. The third kappa shape index (κ3) is 5.57. The Balaban J connectivity index is 2.16. The molecule has 0 aliphatic heterocycles. The maximum Gasteiger partial charge on any atom is 0.240 e. The first kappa shape index (κ1) is 27.7. The molecule has 0 heterocycles. The minimum Gasteiger partial charge on any atom is -0.211 e. The average molecular weight is 529 g/mol. The molecule has 0 saturated carbocycles. The summed E-state index contributed by atoms with van der Waals surface area (Å²) in [6.45, 7) is 3.66. The topological polar surface area (TPSA) is 118 Å². The van der Waals surface area contributed by atoms with E-state index in [9.17, 15) is 19.2 Å². The van der Waals surface area contributed by atoms with E-state index in [4.69, 9.17) is 0 Å². The number of hydrogen-bond acceptors (Lipinski definition) is 8. The quantitative estimate of drug-likeness (QED) is 0.155. The summed E-state index contributed by atoms with van der Waals surface area (Å²) in [6.07, 6.45) is 9.45. The molecule has 0 bridgehead atoms. The Bertz CT molecular complexity index is 1650. The fourth-order valence-electron chi connectivity index (χ4n) is 5.32. The van der Waals surface area contributed by atoms with Crippen molar-refractivity contribution in [1.82, 2.24) is 0 Å². The lowest BCUT2D eigenvalue weighted by Crippen LogP contribution is -2.44. The van der Waals surface area contributed by atoms with Crippen molar-refractivity contribution < 1.29 is 19.2 Å². The van der Waals surface area contributed by atoms with Crippen LogP contribution in [0.3, 0.4) is 0 Å². The van der Waals surface area contributed by atoms with Crippen LogP contribution in [0.4, 0.5) is 5.69 Å².